The van der Waals surface area contributed by atoms with E-state index in [4.69, 9.17) is 27.9 Å². The molecule has 2 heterocycles. The van der Waals surface area contributed by atoms with Crippen molar-refractivity contribution in [1.29, 1.82) is 5.26 Å². The van der Waals surface area contributed by atoms with E-state index in [1.165, 1.54) is 23.1 Å². The molecule has 210 valence electrons. The molecule has 2 fully saturated rings. The molecule has 3 amide bonds. The second kappa shape index (κ2) is 10.4. The molecule has 0 aromatic heterocycles. The van der Waals surface area contributed by atoms with Gasteiger partial charge in [-0.3, -0.25) is 4.79 Å². The minimum absolute atomic E-state index is 0.204. The summed E-state index contributed by atoms with van der Waals surface area (Å²) in [5.41, 5.74) is 0.915. The zero-order valence-corrected chi connectivity index (χ0v) is 24.5. The van der Waals surface area contributed by atoms with E-state index in [0.29, 0.717) is 33.4 Å². The molecule has 0 aliphatic carbocycles. The molecule has 2 aliphatic heterocycles. The van der Waals surface area contributed by atoms with E-state index in [1.54, 1.807) is 31.3 Å². The molecule has 2 atom stereocenters. The number of likely N-dealkylation sites (N-methyl/N-ethyl adjacent to an activating group) is 1. The summed E-state index contributed by atoms with van der Waals surface area (Å²) in [4.78, 5) is 45.3. The van der Waals surface area contributed by atoms with Crippen molar-refractivity contribution in [3.8, 4) is 6.07 Å². The van der Waals surface area contributed by atoms with E-state index in [9.17, 15) is 19.6 Å². The minimum Gasteiger partial charge on any atom is -0.456 e. The number of esters is 1. The fourth-order valence-electron chi connectivity index (χ4n) is 5.55. The van der Waals surface area contributed by atoms with Crippen molar-refractivity contribution in [3.63, 3.8) is 0 Å². The Hall–Kier alpha value is -4.06. The number of rotatable bonds is 4. The normalized spacial score (nSPS) is 20.6. The van der Waals surface area contributed by atoms with Crippen molar-refractivity contribution >= 4 is 52.5 Å². The number of ether oxygens (including phenoxy) is 1. The largest absolute Gasteiger partial charge is 0.456 e. The van der Waals surface area contributed by atoms with Gasteiger partial charge in [0, 0.05) is 35.2 Å². The van der Waals surface area contributed by atoms with Gasteiger partial charge in [0.05, 0.1) is 29.4 Å². The number of hydrogen-bond acceptors (Lipinski definition) is 6. The highest BCUT2D eigenvalue weighted by atomic mass is 35.5. The number of benzene rings is 3. The summed E-state index contributed by atoms with van der Waals surface area (Å²) in [6, 6.07) is 20.3. The van der Waals surface area contributed by atoms with E-state index in [0.717, 1.165) is 16.2 Å². The molecular weight excluding hydrogens is 563 g/mol. The third-order valence-corrected chi connectivity index (χ3v) is 7.91. The fraction of sp³-hybridized carbons (Fsp3) is 0.290. The average molecular weight is 591 g/mol. The zero-order chi connectivity index (χ0) is 29.7. The smallest absolute Gasteiger partial charge is 0.338 e. The standard InChI is InChI=1S/C31H28Cl2N4O4/c1-30(2,3)41-27(38)21-9-11-24(12-10-21)36-17-26(20-7-5-19(16-34)6-8-20)31(18-36)28(39)37(29(40)35(31)4)25-14-22(32)13-23(33)15-25/h5-15,26H,17-18H2,1-4H3/t26-,31?/m0/s1. The quantitative estimate of drug-likeness (QED) is 0.263. The molecule has 10 heteroatoms. The maximum absolute atomic E-state index is 14.4. The molecule has 1 spiro atoms. The van der Waals surface area contributed by atoms with Gasteiger partial charge in [-0.05, 0) is 80.9 Å². The van der Waals surface area contributed by atoms with Crippen LogP contribution in [0.2, 0.25) is 10.0 Å². The molecule has 0 bridgehead atoms. The Balaban J connectivity index is 1.55. The zero-order valence-electron chi connectivity index (χ0n) is 23.0. The lowest BCUT2D eigenvalue weighted by Gasteiger charge is -2.33. The summed E-state index contributed by atoms with van der Waals surface area (Å²) in [5, 5.41) is 9.92. The Kier molecular flexibility index (Phi) is 7.22. The second-order valence-corrected chi connectivity index (χ2v) is 12.1. The Morgan fingerprint density at radius 3 is 2.15 bits per heavy atom. The van der Waals surface area contributed by atoms with Crippen LogP contribution >= 0.6 is 23.2 Å². The fourth-order valence-corrected chi connectivity index (χ4v) is 6.06. The number of amides is 3. The molecule has 2 aliphatic rings. The summed E-state index contributed by atoms with van der Waals surface area (Å²) in [5.74, 6) is -1.25. The molecule has 8 nitrogen and oxygen atoms in total. The first-order valence-electron chi connectivity index (χ1n) is 13.0. The number of urea groups is 1. The van der Waals surface area contributed by atoms with Crippen LogP contribution in [-0.2, 0) is 9.53 Å². The monoisotopic (exact) mass is 590 g/mol. The molecule has 5 rings (SSSR count). The highest BCUT2D eigenvalue weighted by Gasteiger charge is 2.64. The third kappa shape index (κ3) is 5.12. The van der Waals surface area contributed by atoms with E-state index in [2.05, 4.69) is 6.07 Å². The van der Waals surface area contributed by atoms with E-state index in [1.807, 2.05) is 49.9 Å². The molecule has 0 radical (unpaired) electrons. The van der Waals surface area contributed by atoms with Crippen LogP contribution < -0.4 is 9.80 Å². The van der Waals surface area contributed by atoms with Gasteiger partial charge in [0.2, 0.25) is 0 Å². The summed E-state index contributed by atoms with van der Waals surface area (Å²) in [6.07, 6.45) is 0. The predicted octanol–water partition coefficient (Wildman–Crippen LogP) is 6.26. The first-order chi connectivity index (χ1) is 19.3. The van der Waals surface area contributed by atoms with Gasteiger partial charge in [-0.1, -0.05) is 35.3 Å². The number of carbonyl (C=O) groups excluding carboxylic acids is 3. The number of anilines is 2. The summed E-state index contributed by atoms with van der Waals surface area (Å²) >= 11 is 12.4. The summed E-state index contributed by atoms with van der Waals surface area (Å²) < 4.78 is 5.48. The van der Waals surface area contributed by atoms with Crippen LogP contribution in [0.5, 0.6) is 0 Å². The van der Waals surface area contributed by atoms with Crippen LogP contribution in [0, 0.1) is 11.3 Å². The summed E-state index contributed by atoms with van der Waals surface area (Å²) in [7, 11) is 1.62. The molecule has 1 unspecified atom stereocenters. The number of carbonyl (C=O) groups is 3. The number of hydrogen-bond donors (Lipinski definition) is 0. The number of nitrogens with zero attached hydrogens (tertiary/aromatic N) is 4. The van der Waals surface area contributed by atoms with Gasteiger partial charge in [0.15, 0.2) is 0 Å². The van der Waals surface area contributed by atoms with Crippen molar-refractivity contribution in [3.05, 3.63) is 93.5 Å². The molecular formula is C31H28Cl2N4O4. The predicted molar refractivity (Wildman–Crippen MR) is 158 cm³/mol. The SMILES string of the molecule is CN1C(=O)N(c2cc(Cl)cc(Cl)c2)C(=O)C12CN(c1ccc(C(=O)OC(C)(C)C)cc1)C[C@H]2c1ccc(C#N)cc1. The highest BCUT2D eigenvalue weighted by Crippen LogP contribution is 2.47. The summed E-state index contributed by atoms with van der Waals surface area (Å²) in [6.45, 7) is 6.04. The molecule has 0 N–H and O–H groups in total. The maximum atomic E-state index is 14.4. The van der Waals surface area contributed by atoms with Gasteiger partial charge >= 0.3 is 12.0 Å². The Morgan fingerprint density at radius 2 is 1.59 bits per heavy atom. The van der Waals surface area contributed by atoms with Crippen LogP contribution in [-0.4, -0.2) is 54.1 Å². The van der Waals surface area contributed by atoms with E-state index >= 15 is 0 Å². The van der Waals surface area contributed by atoms with E-state index in [-0.39, 0.29) is 6.54 Å². The van der Waals surface area contributed by atoms with Gasteiger partial charge in [0.1, 0.15) is 11.1 Å². The number of imide groups is 1. The van der Waals surface area contributed by atoms with Gasteiger partial charge in [-0.15, -0.1) is 0 Å². The minimum atomic E-state index is -1.26. The van der Waals surface area contributed by atoms with Crippen molar-refractivity contribution in [2.75, 3.05) is 29.9 Å². The van der Waals surface area contributed by atoms with Gasteiger partial charge in [-0.2, -0.15) is 5.26 Å². The van der Waals surface area contributed by atoms with Crippen LogP contribution in [0.3, 0.4) is 0 Å². The number of halogens is 2. The average Bonchev–Trinajstić information content (AvgIpc) is 3.40. The molecule has 2 saturated heterocycles. The lowest BCUT2D eigenvalue weighted by Crippen LogP contribution is -2.53. The van der Waals surface area contributed by atoms with Gasteiger partial charge in [-0.25, -0.2) is 14.5 Å². The highest BCUT2D eigenvalue weighted by molar-refractivity contribution is 6.36. The van der Waals surface area contributed by atoms with Crippen molar-refractivity contribution in [2.45, 2.75) is 37.8 Å². The lowest BCUT2D eigenvalue weighted by molar-refractivity contribution is -0.124. The first kappa shape index (κ1) is 28.5. The van der Waals surface area contributed by atoms with Crippen LogP contribution in [0.4, 0.5) is 16.2 Å². The second-order valence-electron chi connectivity index (χ2n) is 11.2. The topological polar surface area (TPSA) is 94.0 Å². The van der Waals surface area contributed by atoms with Crippen molar-refractivity contribution < 1.29 is 19.1 Å². The third-order valence-electron chi connectivity index (χ3n) is 7.48. The Bertz CT molecular complexity index is 1560. The van der Waals surface area contributed by atoms with Crippen LogP contribution in [0.25, 0.3) is 0 Å². The van der Waals surface area contributed by atoms with Gasteiger partial charge < -0.3 is 14.5 Å². The lowest BCUT2D eigenvalue weighted by atomic mass is 9.80. The maximum Gasteiger partial charge on any atom is 0.338 e. The molecule has 3 aromatic rings. The van der Waals surface area contributed by atoms with Crippen molar-refractivity contribution in [1.82, 2.24) is 4.90 Å². The number of nitriles is 1. The first-order valence-corrected chi connectivity index (χ1v) is 13.8. The Labute approximate surface area is 248 Å². The van der Waals surface area contributed by atoms with Crippen molar-refractivity contribution in [2.24, 2.45) is 0 Å². The van der Waals surface area contributed by atoms with Crippen LogP contribution in [0.15, 0.2) is 66.7 Å². The van der Waals surface area contributed by atoms with Crippen LogP contribution in [0.1, 0.15) is 48.2 Å². The molecule has 41 heavy (non-hydrogen) atoms. The Morgan fingerprint density at radius 1 is 0.976 bits per heavy atom. The molecule has 0 saturated carbocycles. The van der Waals surface area contributed by atoms with E-state index < -0.39 is 35.0 Å². The molecule has 3 aromatic carbocycles. The van der Waals surface area contributed by atoms with Gasteiger partial charge in [0.25, 0.3) is 5.91 Å².